The van der Waals surface area contributed by atoms with Gasteiger partial charge in [-0.05, 0) is 86.0 Å². The highest BCUT2D eigenvalue weighted by molar-refractivity contribution is 5.67. The molecule has 0 unspecified atom stereocenters. The van der Waals surface area contributed by atoms with Gasteiger partial charge in [0.1, 0.15) is 0 Å². The fourth-order valence-corrected chi connectivity index (χ4v) is 5.83. The third-order valence-electron chi connectivity index (χ3n) is 8.31. The van der Waals surface area contributed by atoms with Gasteiger partial charge in [-0.2, -0.15) is 0 Å². The van der Waals surface area contributed by atoms with Gasteiger partial charge in [-0.25, -0.2) is 0 Å². The number of nitrogens with zero attached hydrogens (tertiary/aromatic N) is 1. The Hall–Kier alpha value is -2.85. The molecule has 3 nitrogen and oxygen atoms in total. The van der Waals surface area contributed by atoms with Crippen LogP contribution in [0.15, 0.2) is 48.3 Å². The smallest absolute Gasteiger partial charge is 0.0571 e. The minimum absolute atomic E-state index is 0.186. The van der Waals surface area contributed by atoms with Gasteiger partial charge in [0.25, 0.3) is 0 Å². The molecule has 2 aliphatic carbocycles. The Balaban J connectivity index is 0.000000973. The number of terminal acetylenes is 1. The van der Waals surface area contributed by atoms with Crippen LogP contribution in [0.3, 0.4) is 0 Å². The summed E-state index contributed by atoms with van der Waals surface area (Å²) in [6.45, 7) is 19.7. The first kappa shape index (κ1) is 38.1. The zero-order valence-corrected chi connectivity index (χ0v) is 27.9. The molecule has 0 bridgehead atoms. The molecule has 4 rings (SSSR count). The summed E-state index contributed by atoms with van der Waals surface area (Å²) >= 11 is 0. The van der Waals surface area contributed by atoms with E-state index in [-0.39, 0.29) is 5.41 Å². The quantitative estimate of drug-likeness (QED) is 0.294. The van der Waals surface area contributed by atoms with Crippen LogP contribution in [0.4, 0.5) is 0 Å². The number of benzene rings is 1. The van der Waals surface area contributed by atoms with Crippen molar-refractivity contribution in [3.05, 3.63) is 65.0 Å². The molecule has 1 fully saturated rings. The average molecular weight is 559 g/mol. The number of nitrogens with two attached hydrogens (primary N) is 1. The molecule has 0 aliphatic heterocycles. The lowest BCUT2D eigenvalue weighted by molar-refractivity contribution is 0.00355. The highest BCUT2D eigenvalue weighted by Crippen LogP contribution is 2.59. The van der Waals surface area contributed by atoms with Gasteiger partial charge in [-0.1, -0.05) is 90.7 Å². The van der Waals surface area contributed by atoms with Crippen molar-refractivity contribution in [3.8, 4) is 35.8 Å². The van der Waals surface area contributed by atoms with E-state index < -0.39 is 0 Å². The van der Waals surface area contributed by atoms with E-state index in [0.29, 0.717) is 18.1 Å². The molecule has 2 N–H and O–H groups in total. The number of hydrogen-bond acceptors (Lipinski definition) is 3. The minimum Gasteiger partial charge on any atom is -0.381 e. The van der Waals surface area contributed by atoms with Crippen LogP contribution in [-0.4, -0.2) is 24.7 Å². The van der Waals surface area contributed by atoms with Crippen molar-refractivity contribution in [1.29, 1.82) is 0 Å². The molecule has 1 aromatic carbocycles. The molecule has 1 spiro atoms. The Labute approximate surface area is 253 Å². The zero-order valence-electron chi connectivity index (χ0n) is 27.9. The Morgan fingerprint density at radius 3 is 2.24 bits per heavy atom. The van der Waals surface area contributed by atoms with Gasteiger partial charge < -0.3 is 10.5 Å². The number of fused-ring (bicyclic) bond motifs is 1. The van der Waals surface area contributed by atoms with Gasteiger partial charge in [-0.15, -0.1) is 18.8 Å². The van der Waals surface area contributed by atoms with Crippen molar-refractivity contribution >= 4 is 0 Å². The van der Waals surface area contributed by atoms with E-state index in [1.165, 1.54) is 67.2 Å². The molecule has 0 saturated heterocycles. The zero-order chi connectivity index (χ0) is 31.5. The summed E-state index contributed by atoms with van der Waals surface area (Å²) in [4.78, 5) is 4.39. The van der Waals surface area contributed by atoms with Crippen molar-refractivity contribution in [2.75, 3.05) is 13.7 Å². The van der Waals surface area contributed by atoms with Crippen molar-refractivity contribution in [1.82, 2.24) is 4.98 Å². The number of rotatable bonds is 5. The Bertz CT molecular complexity index is 1120. The lowest BCUT2D eigenvalue weighted by Gasteiger charge is -2.46. The molecule has 1 saturated carbocycles. The van der Waals surface area contributed by atoms with E-state index in [1.807, 2.05) is 54.1 Å². The second kappa shape index (κ2) is 20.1. The third kappa shape index (κ3) is 10.2. The predicted octanol–water partition coefficient (Wildman–Crippen LogP) is 9.52. The minimum atomic E-state index is 0.186. The average Bonchev–Trinajstić information content (AvgIpc) is 3.24. The molecule has 0 radical (unpaired) electrons. The van der Waals surface area contributed by atoms with E-state index in [1.54, 1.807) is 0 Å². The maximum atomic E-state index is 5.63. The summed E-state index contributed by atoms with van der Waals surface area (Å²) in [7, 11) is 1.86. The molecule has 1 heterocycles. The molecule has 41 heavy (non-hydrogen) atoms. The molecule has 2 aromatic rings. The largest absolute Gasteiger partial charge is 0.381 e. The number of ether oxygens (including phenoxy) is 1. The van der Waals surface area contributed by atoms with Crippen LogP contribution in [0.25, 0.3) is 11.1 Å². The third-order valence-corrected chi connectivity index (χ3v) is 8.31. The van der Waals surface area contributed by atoms with Crippen molar-refractivity contribution in [2.24, 2.45) is 11.1 Å². The van der Waals surface area contributed by atoms with Gasteiger partial charge in [0.05, 0.1) is 6.10 Å². The molecular formula is C38H58N2O. The highest BCUT2D eigenvalue weighted by atomic mass is 16.5. The first-order valence-electron chi connectivity index (χ1n) is 15.5. The molecule has 0 amide bonds. The van der Waals surface area contributed by atoms with E-state index in [0.717, 1.165) is 11.1 Å². The van der Waals surface area contributed by atoms with E-state index in [4.69, 9.17) is 10.5 Å². The number of aromatic nitrogens is 1. The monoisotopic (exact) mass is 558 g/mol. The topological polar surface area (TPSA) is 48.1 Å². The Morgan fingerprint density at radius 2 is 1.71 bits per heavy atom. The Morgan fingerprint density at radius 1 is 1.07 bits per heavy atom. The summed E-state index contributed by atoms with van der Waals surface area (Å²) in [5, 5.41) is 0. The van der Waals surface area contributed by atoms with Gasteiger partial charge in [0.15, 0.2) is 0 Å². The van der Waals surface area contributed by atoms with Crippen LogP contribution >= 0.6 is 0 Å². The summed E-state index contributed by atoms with van der Waals surface area (Å²) in [6.07, 6.45) is 22.9. The summed E-state index contributed by atoms with van der Waals surface area (Å²) in [5.41, 5.74) is 13.6. The second-order valence-electron chi connectivity index (χ2n) is 10.8. The lowest BCUT2D eigenvalue weighted by Crippen LogP contribution is -2.42. The summed E-state index contributed by atoms with van der Waals surface area (Å²) < 4.78 is 5.63. The number of pyridine rings is 1. The fraction of sp³-hybridized carbons (Fsp3) is 0.553. The second-order valence-corrected chi connectivity index (χ2v) is 10.8. The Kier molecular flexibility index (Phi) is 18.7. The van der Waals surface area contributed by atoms with Crippen LogP contribution < -0.4 is 5.73 Å². The first-order chi connectivity index (χ1) is 19.8. The number of unbranched alkanes of at least 4 members (excludes halogenated alkanes) is 1. The van der Waals surface area contributed by atoms with Gasteiger partial charge in [0, 0.05) is 37.2 Å². The van der Waals surface area contributed by atoms with Crippen LogP contribution in [0.5, 0.6) is 0 Å². The maximum absolute atomic E-state index is 5.63. The molecule has 3 heteroatoms. The van der Waals surface area contributed by atoms with Crippen LogP contribution in [-0.2, 0) is 16.6 Å². The normalized spacial score (nSPS) is 19.6. The molecule has 2 aliphatic rings. The van der Waals surface area contributed by atoms with Crippen LogP contribution in [0.1, 0.15) is 118 Å². The van der Waals surface area contributed by atoms with Gasteiger partial charge >= 0.3 is 0 Å². The number of hydrogen-bond donors (Lipinski definition) is 1. The standard InChI is InChI=1S/C25H29NO.C7H15N.2C2H6.C2H2/c1-5-6-18-13-21(17-26-16-18)19-7-8-20-15-25(24(2,3)23(20)14-19)11-9-22(27-4)10-12-25;1-3-4-5-7(2)6-8;3*1-2/h7-8,13-14,16-17,22H,9-12,15H2,1-4H3;5H,3-4,6,8H2,1-2H3;2*1-2H3;1-2H. The predicted molar refractivity (Wildman–Crippen MR) is 181 cm³/mol. The first-order valence-corrected chi connectivity index (χ1v) is 15.5. The summed E-state index contributed by atoms with van der Waals surface area (Å²) in [5.74, 6) is 6.08. The highest BCUT2D eigenvalue weighted by Gasteiger charge is 2.52. The fourth-order valence-electron chi connectivity index (χ4n) is 5.83. The van der Waals surface area contributed by atoms with Gasteiger partial charge in [0.2, 0.25) is 0 Å². The van der Waals surface area contributed by atoms with E-state index in [9.17, 15) is 0 Å². The molecular weight excluding hydrogens is 500 g/mol. The van der Waals surface area contributed by atoms with Gasteiger partial charge in [-0.3, -0.25) is 4.98 Å². The van der Waals surface area contributed by atoms with Crippen LogP contribution in [0.2, 0.25) is 0 Å². The molecule has 226 valence electrons. The van der Waals surface area contributed by atoms with Crippen molar-refractivity contribution in [2.45, 2.75) is 119 Å². The lowest BCUT2D eigenvalue weighted by atomic mass is 9.59. The van der Waals surface area contributed by atoms with Crippen molar-refractivity contribution < 1.29 is 4.74 Å². The maximum Gasteiger partial charge on any atom is 0.0571 e. The van der Waals surface area contributed by atoms with Crippen LogP contribution in [0, 0.1) is 30.1 Å². The molecule has 1 aromatic heterocycles. The summed E-state index contributed by atoms with van der Waals surface area (Å²) in [6, 6.07) is 9.16. The van der Waals surface area contributed by atoms with Crippen molar-refractivity contribution in [3.63, 3.8) is 0 Å². The number of allylic oxidation sites excluding steroid dienone is 1. The van der Waals surface area contributed by atoms with E-state index in [2.05, 4.69) is 87.7 Å². The molecule has 0 atom stereocenters. The van der Waals surface area contributed by atoms with E-state index >= 15 is 0 Å². The number of methoxy groups -OCH3 is 1. The SMILES string of the molecule is C#C.CC.CC.CC#Cc1cncc(-c2ccc3c(c2)C(C)(C)C2(CCC(OC)CC2)C3)c1.CCCC=C(C)CN.